The normalized spacial score (nSPS) is 16.6. The molecule has 2 aromatic heterocycles. The Morgan fingerprint density at radius 1 is 1.11 bits per heavy atom. The Kier molecular flexibility index (Phi) is 5.40. The minimum Gasteiger partial charge on any atom is -0.299 e. The lowest BCUT2D eigenvalue weighted by molar-refractivity contribution is 0.200. The third kappa shape index (κ3) is 4.47. The molecule has 1 aromatic carbocycles. The maximum atomic E-state index is 12.3. The third-order valence-electron chi connectivity index (χ3n) is 4.78. The van der Waals surface area contributed by atoms with E-state index in [0.29, 0.717) is 4.21 Å². The number of piperidine rings is 1. The Labute approximate surface area is 163 Å². The van der Waals surface area contributed by atoms with Gasteiger partial charge < -0.3 is 0 Å². The molecule has 0 unspecified atom stereocenters. The quantitative estimate of drug-likeness (QED) is 0.688. The van der Waals surface area contributed by atoms with E-state index in [-0.39, 0.29) is 6.04 Å². The van der Waals surface area contributed by atoms with Crippen LogP contribution in [-0.2, 0) is 16.6 Å². The molecule has 1 aliphatic rings. The van der Waals surface area contributed by atoms with E-state index >= 15 is 0 Å². The lowest BCUT2D eigenvalue weighted by Gasteiger charge is -2.32. The van der Waals surface area contributed by atoms with E-state index in [1.807, 2.05) is 16.9 Å². The average Bonchev–Trinajstić information content (AvgIpc) is 3.38. The summed E-state index contributed by atoms with van der Waals surface area (Å²) in [5, 5.41) is 6.03. The number of hydrogen-bond acceptors (Lipinski definition) is 5. The lowest BCUT2D eigenvalue weighted by atomic mass is 10.1. The zero-order valence-corrected chi connectivity index (χ0v) is 16.5. The molecular formula is C19H22N4O2S2. The Hall–Kier alpha value is -2.00. The lowest BCUT2D eigenvalue weighted by Crippen LogP contribution is -2.44. The van der Waals surface area contributed by atoms with Crippen molar-refractivity contribution < 1.29 is 8.42 Å². The number of benzene rings is 1. The predicted molar refractivity (Wildman–Crippen MR) is 107 cm³/mol. The van der Waals surface area contributed by atoms with Crippen LogP contribution >= 0.6 is 11.3 Å². The summed E-state index contributed by atoms with van der Waals surface area (Å²) in [4.78, 5) is 2.37. The van der Waals surface area contributed by atoms with Crippen LogP contribution in [0, 0.1) is 0 Å². The molecule has 0 bridgehead atoms. The van der Waals surface area contributed by atoms with Gasteiger partial charge in [-0.2, -0.15) is 5.10 Å². The monoisotopic (exact) mass is 402 g/mol. The summed E-state index contributed by atoms with van der Waals surface area (Å²) in [5.74, 6) is 0. The highest BCUT2D eigenvalue weighted by molar-refractivity contribution is 7.91. The minimum absolute atomic E-state index is 0.00976. The van der Waals surface area contributed by atoms with Crippen LogP contribution in [0.5, 0.6) is 0 Å². The fraction of sp³-hybridized carbons (Fsp3) is 0.316. The van der Waals surface area contributed by atoms with Gasteiger partial charge in [0.15, 0.2) is 0 Å². The molecule has 1 aliphatic heterocycles. The number of rotatable bonds is 6. The minimum atomic E-state index is -3.38. The molecule has 3 heterocycles. The van der Waals surface area contributed by atoms with Crippen molar-refractivity contribution in [2.75, 3.05) is 13.1 Å². The van der Waals surface area contributed by atoms with Crippen molar-refractivity contribution in [2.24, 2.45) is 0 Å². The highest BCUT2D eigenvalue weighted by Gasteiger charge is 2.25. The molecule has 3 aromatic rings. The van der Waals surface area contributed by atoms with Gasteiger partial charge in [-0.1, -0.05) is 18.2 Å². The van der Waals surface area contributed by atoms with Crippen LogP contribution in [-0.4, -0.2) is 42.2 Å². The molecule has 1 saturated heterocycles. The summed E-state index contributed by atoms with van der Waals surface area (Å²) in [6.45, 7) is 2.65. The van der Waals surface area contributed by atoms with Gasteiger partial charge in [-0.05, 0) is 48.1 Å². The van der Waals surface area contributed by atoms with Crippen molar-refractivity contribution in [2.45, 2.75) is 29.6 Å². The van der Waals surface area contributed by atoms with Crippen molar-refractivity contribution in [3.05, 3.63) is 65.8 Å². The van der Waals surface area contributed by atoms with Crippen LogP contribution in [0.15, 0.2) is 64.4 Å². The van der Waals surface area contributed by atoms with E-state index in [1.54, 1.807) is 23.7 Å². The zero-order valence-electron chi connectivity index (χ0n) is 14.9. The van der Waals surface area contributed by atoms with Crippen LogP contribution in [0.4, 0.5) is 0 Å². The molecule has 0 radical (unpaired) electrons. The highest BCUT2D eigenvalue weighted by atomic mass is 32.2. The van der Waals surface area contributed by atoms with Crippen molar-refractivity contribution in [3.63, 3.8) is 0 Å². The van der Waals surface area contributed by atoms with Gasteiger partial charge in [0.2, 0.25) is 10.0 Å². The molecule has 0 spiro atoms. The first-order valence-electron chi connectivity index (χ1n) is 8.97. The summed E-state index contributed by atoms with van der Waals surface area (Å²) in [6, 6.07) is 13.7. The second-order valence-electron chi connectivity index (χ2n) is 6.72. The molecule has 1 fully saturated rings. The molecule has 0 aliphatic carbocycles. The molecule has 8 heteroatoms. The van der Waals surface area contributed by atoms with Crippen LogP contribution in [0.25, 0.3) is 5.69 Å². The largest absolute Gasteiger partial charge is 0.299 e. The second kappa shape index (κ2) is 7.93. The molecule has 142 valence electrons. The van der Waals surface area contributed by atoms with Gasteiger partial charge in [0.25, 0.3) is 0 Å². The summed E-state index contributed by atoms with van der Waals surface area (Å²) in [7, 11) is -3.38. The Morgan fingerprint density at radius 2 is 1.89 bits per heavy atom. The summed E-state index contributed by atoms with van der Waals surface area (Å²) >= 11 is 1.25. The first-order valence-corrected chi connectivity index (χ1v) is 11.3. The molecule has 4 rings (SSSR count). The van der Waals surface area contributed by atoms with Crippen molar-refractivity contribution in [1.29, 1.82) is 0 Å². The maximum absolute atomic E-state index is 12.3. The van der Waals surface area contributed by atoms with E-state index in [2.05, 4.69) is 39.0 Å². The molecule has 27 heavy (non-hydrogen) atoms. The number of nitrogens with zero attached hydrogens (tertiary/aromatic N) is 3. The zero-order chi connectivity index (χ0) is 18.7. The summed E-state index contributed by atoms with van der Waals surface area (Å²) in [6.07, 6.45) is 5.35. The number of aromatic nitrogens is 2. The van der Waals surface area contributed by atoms with E-state index in [1.165, 1.54) is 16.9 Å². The van der Waals surface area contributed by atoms with Crippen molar-refractivity contribution in [3.8, 4) is 5.69 Å². The topological polar surface area (TPSA) is 67.2 Å². The smallest absolute Gasteiger partial charge is 0.250 e. The van der Waals surface area contributed by atoms with Crippen LogP contribution in [0.2, 0.25) is 0 Å². The molecule has 0 saturated carbocycles. The maximum Gasteiger partial charge on any atom is 0.250 e. The molecular weight excluding hydrogens is 380 g/mol. The van der Waals surface area contributed by atoms with Gasteiger partial charge >= 0.3 is 0 Å². The van der Waals surface area contributed by atoms with E-state index < -0.39 is 10.0 Å². The fourth-order valence-corrected chi connectivity index (χ4v) is 5.65. The first-order chi connectivity index (χ1) is 13.1. The molecule has 6 nitrogen and oxygen atoms in total. The first kappa shape index (κ1) is 18.4. The SMILES string of the molecule is O=S(=O)(NC1CCN(Cc2ccc(-n3cccn3)cc2)CC1)c1cccs1. The third-order valence-corrected chi connectivity index (χ3v) is 7.70. The average molecular weight is 403 g/mol. The number of nitrogens with one attached hydrogen (secondary N) is 1. The van der Waals surface area contributed by atoms with Gasteiger partial charge in [-0.3, -0.25) is 4.90 Å². The van der Waals surface area contributed by atoms with Crippen LogP contribution in [0.3, 0.4) is 0 Å². The number of thiophene rings is 1. The van der Waals surface area contributed by atoms with E-state index in [0.717, 1.165) is 38.2 Å². The van der Waals surface area contributed by atoms with Crippen molar-refractivity contribution >= 4 is 21.4 Å². The van der Waals surface area contributed by atoms with Gasteiger partial charge in [-0.15, -0.1) is 11.3 Å². The van der Waals surface area contributed by atoms with Gasteiger partial charge in [0, 0.05) is 38.1 Å². The molecule has 0 atom stereocenters. The second-order valence-corrected chi connectivity index (χ2v) is 9.61. The number of likely N-dealkylation sites (tertiary alicyclic amines) is 1. The summed E-state index contributed by atoms with van der Waals surface area (Å²) in [5.41, 5.74) is 2.30. The standard InChI is InChI=1S/C19H22N4O2S2/c24-27(25,19-3-1-14-26-19)21-17-8-12-22(13-9-17)15-16-4-6-18(7-5-16)23-11-2-10-20-23/h1-7,10-11,14,17,21H,8-9,12-13,15H2. The van der Waals surface area contributed by atoms with Gasteiger partial charge in [-0.25, -0.2) is 17.8 Å². The summed E-state index contributed by atoms with van der Waals surface area (Å²) < 4.78 is 29.8. The number of sulfonamides is 1. The van der Waals surface area contributed by atoms with Crippen molar-refractivity contribution in [1.82, 2.24) is 19.4 Å². The fourth-order valence-electron chi connectivity index (χ4n) is 3.34. The Balaban J connectivity index is 1.29. The predicted octanol–water partition coefficient (Wildman–Crippen LogP) is 2.88. The number of hydrogen-bond donors (Lipinski definition) is 1. The highest BCUT2D eigenvalue weighted by Crippen LogP contribution is 2.20. The Bertz CT molecular complexity index is 944. The van der Waals surface area contributed by atoms with Crippen LogP contribution < -0.4 is 4.72 Å². The molecule has 0 amide bonds. The Morgan fingerprint density at radius 3 is 2.52 bits per heavy atom. The van der Waals surface area contributed by atoms with E-state index in [4.69, 9.17) is 0 Å². The van der Waals surface area contributed by atoms with E-state index in [9.17, 15) is 8.42 Å². The van der Waals surface area contributed by atoms with Gasteiger partial charge in [0.1, 0.15) is 4.21 Å². The van der Waals surface area contributed by atoms with Crippen LogP contribution in [0.1, 0.15) is 18.4 Å². The molecule has 1 N–H and O–H groups in total. The van der Waals surface area contributed by atoms with Gasteiger partial charge in [0.05, 0.1) is 5.69 Å².